The molecule has 0 radical (unpaired) electrons. The minimum absolute atomic E-state index is 0.242. The van der Waals surface area contributed by atoms with Gasteiger partial charge in [-0.1, -0.05) is 6.07 Å². The highest BCUT2D eigenvalue weighted by Crippen LogP contribution is 2.32. The summed E-state index contributed by atoms with van der Waals surface area (Å²) in [6.45, 7) is 0. The van der Waals surface area contributed by atoms with E-state index in [0.29, 0.717) is 9.64 Å². The lowest BCUT2D eigenvalue weighted by Gasteiger charge is -2.15. The monoisotopic (exact) mass is 431 g/mol. The van der Waals surface area contributed by atoms with Gasteiger partial charge in [0.15, 0.2) is 11.6 Å². The summed E-state index contributed by atoms with van der Waals surface area (Å²) >= 11 is 1.84. The molecule has 0 unspecified atom stereocenters. The summed E-state index contributed by atoms with van der Waals surface area (Å²) in [5, 5.41) is 2.21. The molecule has 0 saturated heterocycles. The molecule has 0 aliphatic carbocycles. The Morgan fingerprint density at radius 3 is 2.23 bits per heavy atom. The van der Waals surface area contributed by atoms with Crippen molar-refractivity contribution in [2.24, 2.45) is 0 Å². The number of halogens is 7. The maximum Gasteiger partial charge on any atom is 0.393 e. The Labute approximate surface area is 135 Å². The first-order chi connectivity index (χ1) is 10.2. The average molecular weight is 431 g/mol. The predicted molar refractivity (Wildman–Crippen MR) is 78.5 cm³/mol. The van der Waals surface area contributed by atoms with Crippen LogP contribution in [0.2, 0.25) is 0 Å². The van der Waals surface area contributed by atoms with E-state index in [1.54, 1.807) is 0 Å². The van der Waals surface area contributed by atoms with Gasteiger partial charge in [0.1, 0.15) is 5.82 Å². The molecule has 0 saturated carbocycles. The lowest BCUT2D eigenvalue weighted by atomic mass is 10.1. The lowest BCUT2D eigenvalue weighted by molar-refractivity contribution is -0.127. The third kappa shape index (κ3) is 4.05. The van der Waals surface area contributed by atoms with E-state index in [2.05, 4.69) is 5.32 Å². The van der Waals surface area contributed by atoms with E-state index < -0.39 is 41.3 Å². The fraction of sp³-hybridized carbons (Fsp3) is 0.143. The van der Waals surface area contributed by atoms with Crippen LogP contribution in [0.15, 0.2) is 30.3 Å². The highest BCUT2D eigenvalue weighted by atomic mass is 127. The van der Waals surface area contributed by atoms with Crippen molar-refractivity contribution in [1.29, 1.82) is 0 Å². The summed E-state index contributed by atoms with van der Waals surface area (Å²) in [7, 11) is 0. The molecule has 1 N–H and O–H groups in total. The van der Waals surface area contributed by atoms with Gasteiger partial charge in [-0.05, 0) is 52.4 Å². The molecule has 8 heteroatoms. The van der Waals surface area contributed by atoms with Gasteiger partial charge in [0.05, 0.1) is 17.8 Å². The van der Waals surface area contributed by atoms with Crippen LogP contribution in [-0.2, 0) is 6.42 Å². The first-order valence-corrected chi connectivity index (χ1v) is 7.01. The third-order valence-electron chi connectivity index (χ3n) is 2.76. The number of alkyl halides is 3. The van der Waals surface area contributed by atoms with E-state index in [1.165, 1.54) is 12.1 Å². The second-order valence-corrected chi connectivity index (χ2v) is 5.68. The molecular weight excluding hydrogens is 423 g/mol. The number of nitrogens with one attached hydrogen (secondary N) is 1. The predicted octanol–water partition coefficient (Wildman–Crippen LogP) is 5.56. The summed E-state index contributed by atoms with van der Waals surface area (Å²) in [5.41, 5.74) is -1.48. The maximum absolute atomic E-state index is 13.8. The normalized spacial score (nSPS) is 11.6. The van der Waals surface area contributed by atoms with Crippen molar-refractivity contribution in [3.8, 4) is 0 Å². The van der Waals surface area contributed by atoms with E-state index in [9.17, 15) is 26.3 Å². The highest BCUT2D eigenvalue weighted by molar-refractivity contribution is 14.1. The number of hydrogen-bond donors (Lipinski definition) is 1. The second-order valence-electron chi connectivity index (χ2n) is 4.44. The van der Waals surface area contributed by atoms with Crippen molar-refractivity contribution in [3.63, 3.8) is 0 Å². The Balaban J connectivity index is 2.46. The van der Waals surface area contributed by atoms with E-state index >= 15 is 0 Å². The van der Waals surface area contributed by atoms with Crippen LogP contribution in [0.3, 0.4) is 0 Å². The van der Waals surface area contributed by atoms with Crippen LogP contribution in [0.1, 0.15) is 5.56 Å². The molecule has 0 heterocycles. The van der Waals surface area contributed by atoms with Crippen molar-refractivity contribution < 1.29 is 26.3 Å². The van der Waals surface area contributed by atoms with Gasteiger partial charge in [-0.3, -0.25) is 0 Å². The van der Waals surface area contributed by atoms with Gasteiger partial charge >= 0.3 is 6.18 Å². The molecule has 0 fully saturated rings. The van der Waals surface area contributed by atoms with E-state index in [0.717, 1.165) is 12.1 Å². The van der Waals surface area contributed by atoms with Crippen LogP contribution < -0.4 is 5.32 Å². The Morgan fingerprint density at radius 1 is 0.955 bits per heavy atom. The first-order valence-electron chi connectivity index (χ1n) is 5.93. The second kappa shape index (κ2) is 6.35. The van der Waals surface area contributed by atoms with Crippen molar-refractivity contribution in [2.45, 2.75) is 12.6 Å². The molecule has 22 heavy (non-hydrogen) atoms. The van der Waals surface area contributed by atoms with Crippen LogP contribution >= 0.6 is 22.6 Å². The lowest BCUT2D eigenvalue weighted by Crippen LogP contribution is -2.14. The molecule has 0 aromatic heterocycles. The Bertz CT molecular complexity index is 698. The molecule has 2 rings (SSSR count). The quantitative estimate of drug-likeness (QED) is 0.496. The van der Waals surface area contributed by atoms with Crippen LogP contribution in [0, 0.1) is 21.0 Å². The maximum atomic E-state index is 13.8. The number of anilines is 2. The fourth-order valence-electron chi connectivity index (χ4n) is 1.81. The highest BCUT2D eigenvalue weighted by Gasteiger charge is 2.30. The first kappa shape index (κ1) is 16.9. The summed E-state index contributed by atoms with van der Waals surface area (Å²) in [6, 6.07) is 5.25. The average Bonchev–Trinajstić information content (AvgIpc) is 2.39. The van der Waals surface area contributed by atoms with Crippen molar-refractivity contribution >= 4 is 34.0 Å². The molecule has 1 nitrogen and oxygen atoms in total. The fourth-order valence-corrected chi connectivity index (χ4v) is 2.27. The molecular formula is C14H8F6IN. The zero-order chi connectivity index (χ0) is 16.5. The zero-order valence-electron chi connectivity index (χ0n) is 10.7. The van der Waals surface area contributed by atoms with Gasteiger partial charge in [0.2, 0.25) is 0 Å². The molecule has 0 atom stereocenters. The summed E-state index contributed by atoms with van der Waals surface area (Å²) in [6.07, 6.45) is -6.07. The third-order valence-corrected chi connectivity index (χ3v) is 3.43. The summed E-state index contributed by atoms with van der Waals surface area (Å²) < 4.78 is 78.9. The smallest absolute Gasteiger partial charge is 0.350 e. The van der Waals surface area contributed by atoms with Gasteiger partial charge in [-0.2, -0.15) is 13.2 Å². The Morgan fingerprint density at radius 2 is 1.64 bits per heavy atom. The van der Waals surface area contributed by atoms with Crippen molar-refractivity contribution in [1.82, 2.24) is 0 Å². The molecule has 0 aliphatic rings. The minimum atomic E-state index is -4.61. The summed E-state index contributed by atoms with van der Waals surface area (Å²) in [5.74, 6) is -3.59. The Kier molecular flexibility index (Phi) is 4.88. The van der Waals surface area contributed by atoms with Gasteiger partial charge < -0.3 is 5.32 Å². The van der Waals surface area contributed by atoms with E-state index in [-0.39, 0.29) is 5.69 Å². The molecule has 118 valence electrons. The number of rotatable bonds is 3. The van der Waals surface area contributed by atoms with E-state index in [4.69, 9.17) is 0 Å². The van der Waals surface area contributed by atoms with Gasteiger partial charge in [-0.25, -0.2) is 13.2 Å². The van der Waals surface area contributed by atoms with Crippen LogP contribution in [0.25, 0.3) is 0 Å². The van der Waals surface area contributed by atoms with Crippen LogP contribution in [0.5, 0.6) is 0 Å². The standard InChI is InChI=1S/C14H8F6IN/c15-9-3-1-7(6-14(18,19)20)13(12(9)17)22-11-4-2-8(21)5-10(11)16/h1-5,22H,6H2. The molecule has 0 aliphatic heterocycles. The number of hydrogen-bond acceptors (Lipinski definition) is 1. The number of benzene rings is 2. The molecule has 0 bridgehead atoms. The van der Waals surface area contributed by atoms with Gasteiger partial charge in [0.25, 0.3) is 0 Å². The van der Waals surface area contributed by atoms with E-state index in [1.807, 2.05) is 22.6 Å². The molecule has 0 spiro atoms. The molecule has 0 amide bonds. The minimum Gasteiger partial charge on any atom is -0.350 e. The topological polar surface area (TPSA) is 12.0 Å². The van der Waals surface area contributed by atoms with Crippen LogP contribution in [0.4, 0.5) is 37.7 Å². The Hall–Kier alpha value is -1.45. The molecule has 2 aromatic rings. The molecule has 2 aromatic carbocycles. The van der Waals surface area contributed by atoms with Crippen LogP contribution in [-0.4, -0.2) is 6.18 Å². The van der Waals surface area contributed by atoms with Gasteiger partial charge in [0, 0.05) is 3.57 Å². The van der Waals surface area contributed by atoms with Gasteiger partial charge in [-0.15, -0.1) is 0 Å². The summed E-state index contributed by atoms with van der Waals surface area (Å²) in [4.78, 5) is 0. The zero-order valence-corrected chi connectivity index (χ0v) is 12.9. The largest absolute Gasteiger partial charge is 0.393 e. The van der Waals surface area contributed by atoms with Crippen molar-refractivity contribution in [2.75, 3.05) is 5.32 Å². The van der Waals surface area contributed by atoms with Crippen molar-refractivity contribution in [3.05, 3.63) is 56.9 Å². The SMILES string of the molecule is Fc1cc(I)ccc1Nc1c(CC(F)(F)F)ccc(F)c1F.